The molecule has 0 spiro atoms. The largest absolute Gasteiger partial charge is 0.336 e. The van der Waals surface area contributed by atoms with Gasteiger partial charge in [-0.3, -0.25) is 14.7 Å². The van der Waals surface area contributed by atoms with Gasteiger partial charge < -0.3 is 4.90 Å². The van der Waals surface area contributed by atoms with Crippen molar-refractivity contribution in [2.24, 2.45) is 17.8 Å². The Hall–Kier alpha value is -2.79. The van der Waals surface area contributed by atoms with Gasteiger partial charge in [-0.1, -0.05) is 18.2 Å². The van der Waals surface area contributed by atoms with Crippen LogP contribution in [0.2, 0.25) is 0 Å². The number of rotatable bonds is 3. The lowest BCUT2D eigenvalue weighted by Gasteiger charge is -2.61. The maximum absolute atomic E-state index is 13.9. The number of carbonyl (C=O) groups excluding carboxylic acids is 1. The van der Waals surface area contributed by atoms with E-state index in [4.69, 9.17) is 4.98 Å². The lowest BCUT2D eigenvalue weighted by atomic mass is 9.52. The summed E-state index contributed by atoms with van der Waals surface area (Å²) in [6, 6.07) is 12.1. The number of hydrogen-bond donors (Lipinski definition) is 0. The molecule has 4 aliphatic carbocycles. The van der Waals surface area contributed by atoms with Crippen molar-refractivity contribution in [3.63, 3.8) is 0 Å². The maximum Gasteiger partial charge on any atom is 0.254 e. The van der Waals surface area contributed by atoms with Crippen molar-refractivity contribution in [2.75, 3.05) is 26.2 Å². The van der Waals surface area contributed by atoms with Crippen LogP contribution in [0.15, 0.2) is 48.8 Å². The fraction of sp³-hybridized carbons (Fsp3) is 0.500. The van der Waals surface area contributed by atoms with Gasteiger partial charge in [-0.15, -0.1) is 0 Å². The third-order valence-electron chi connectivity index (χ3n) is 9.49. The molecule has 0 N–H and O–H groups in total. The molecule has 8 rings (SSSR count). The Kier molecular flexibility index (Phi) is 4.99. The van der Waals surface area contributed by atoms with Crippen molar-refractivity contribution in [1.29, 1.82) is 0 Å². The van der Waals surface area contributed by atoms with E-state index in [9.17, 15) is 4.79 Å². The third-order valence-corrected chi connectivity index (χ3v) is 9.49. The Bertz CT molecular complexity index is 1240. The number of nitrogens with zero attached hydrogens (tertiary/aromatic N) is 4. The molecule has 5 aliphatic rings. The van der Waals surface area contributed by atoms with E-state index in [0.29, 0.717) is 5.54 Å². The first-order valence-corrected chi connectivity index (χ1v) is 13.4. The highest BCUT2D eigenvalue weighted by Gasteiger charge is 2.53. The standard InChI is InChI=1S/C30H34N4O/c1-20-3-2-4-25-26(16-27(32-28(20)25)24-5-7-31-8-6-24)29(35)33-9-11-34(12-10-33)30-17-21-13-22(18-30)15-23(14-21)19-30/h2-8,16,21-23H,9-15,17-19H2,1H3. The molecule has 0 unspecified atom stereocenters. The molecule has 1 aliphatic heterocycles. The van der Waals surface area contributed by atoms with E-state index in [1.54, 1.807) is 12.4 Å². The average Bonchev–Trinajstić information content (AvgIpc) is 2.88. The van der Waals surface area contributed by atoms with Crippen LogP contribution >= 0.6 is 0 Å². The van der Waals surface area contributed by atoms with Crippen molar-refractivity contribution in [3.8, 4) is 11.3 Å². The molecule has 35 heavy (non-hydrogen) atoms. The van der Waals surface area contributed by atoms with Crippen LogP contribution in [0.5, 0.6) is 0 Å². The molecule has 5 heteroatoms. The number of pyridine rings is 2. The number of piperazine rings is 1. The van der Waals surface area contributed by atoms with E-state index in [0.717, 1.165) is 77.2 Å². The van der Waals surface area contributed by atoms with Gasteiger partial charge in [0, 0.05) is 55.1 Å². The van der Waals surface area contributed by atoms with Gasteiger partial charge in [0.05, 0.1) is 16.8 Å². The summed E-state index contributed by atoms with van der Waals surface area (Å²) in [7, 11) is 0. The first-order chi connectivity index (χ1) is 17.1. The Morgan fingerprint density at radius 3 is 2.23 bits per heavy atom. The molecule has 5 nitrogen and oxygen atoms in total. The van der Waals surface area contributed by atoms with Crippen LogP contribution in [-0.2, 0) is 0 Å². The Labute approximate surface area is 207 Å². The summed E-state index contributed by atoms with van der Waals surface area (Å²) in [6.07, 6.45) is 12.2. The minimum atomic E-state index is 0.142. The van der Waals surface area contributed by atoms with Gasteiger partial charge in [0.15, 0.2) is 0 Å². The van der Waals surface area contributed by atoms with Gasteiger partial charge in [0.1, 0.15) is 0 Å². The fourth-order valence-corrected chi connectivity index (χ4v) is 8.25. The zero-order valence-corrected chi connectivity index (χ0v) is 20.6. The molecule has 5 fully saturated rings. The zero-order valence-electron chi connectivity index (χ0n) is 20.6. The quantitative estimate of drug-likeness (QED) is 0.523. The van der Waals surface area contributed by atoms with Gasteiger partial charge in [0.25, 0.3) is 5.91 Å². The van der Waals surface area contributed by atoms with E-state index in [-0.39, 0.29) is 5.91 Å². The van der Waals surface area contributed by atoms with Gasteiger partial charge in [-0.05, 0) is 87.0 Å². The summed E-state index contributed by atoms with van der Waals surface area (Å²) in [6.45, 7) is 5.74. The van der Waals surface area contributed by atoms with E-state index in [2.05, 4.69) is 27.8 Å². The number of benzene rings is 1. The van der Waals surface area contributed by atoms with Crippen molar-refractivity contribution < 1.29 is 4.79 Å². The van der Waals surface area contributed by atoms with Crippen LogP contribution in [0.1, 0.15) is 54.4 Å². The minimum absolute atomic E-state index is 0.142. The normalized spacial score (nSPS) is 30.2. The van der Waals surface area contributed by atoms with E-state index in [1.165, 1.54) is 38.5 Å². The summed E-state index contributed by atoms with van der Waals surface area (Å²) < 4.78 is 0. The van der Waals surface area contributed by atoms with E-state index in [1.807, 2.05) is 30.3 Å². The topological polar surface area (TPSA) is 49.3 Å². The first kappa shape index (κ1) is 21.5. The second-order valence-corrected chi connectivity index (χ2v) is 11.7. The van der Waals surface area contributed by atoms with Gasteiger partial charge in [-0.2, -0.15) is 0 Å². The molecule has 1 aromatic carbocycles. The molecule has 0 atom stereocenters. The third kappa shape index (κ3) is 3.58. The number of para-hydroxylation sites is 1. The highest BCUT2D eigenvalue weighted by molar-refractivity contribution is 6.07. The number of aromatic nitrogens is 2. The second kappa shape index (κ2) is 8.12. The lowest BCUT2D eigenvalue weighted by molar-refractivity contribution is -0.0987. The molecule has 4 bridgehead atoms. The summed E-state index contributed by atoms with van der Waals surface area (Å²) in [5.74, 6) is 3.01. The Balaban J connectivity index is 1.16. The molecule has 0 radical (unpaired) electrons. The average molecular weight is 467 g/mol. The number of carbonyl (C=O) groups is 1. The number of amides is 1. The lowest BCUT2D eigenvalue weighted by Crippen LogP contribution is -2.64. The van der Waals surface area contributed by atoms with Crippen LogP contribution < -0.4 is 0 Å². The molecule has 3 aromatic rings. The molecular formula is C30H34N4O. The monoisotopic (exact) mass is 466 g/mol. The van der Waals surface area contributed by atoms with Crippen LogP contribution in [0, 0.1) is 24.7 Å². The van der Waals surface area contributed by atoms with E-state index >= 15 is 0 Å². The SMILES string of the molecule is Cc1cccc2c(C(=O)N3CCN(C45CC6CC(CC(C6)C4)C5)CC3)cc(-c3ccncc3)nc12. The van der Waals surface area contributed by atoms with Crippen LogP contribution in [0.3, 0.4) is 0 Å². The molecule has 180 valence electrons. The fourth-order valence-electron chi connectivity index (χ4n) is 8.25. The van der Waals surface area contributed by atoms with Crippen molar-refractivity contribution in [1.82, 2.24) is 19.8 Å². The highest BCUT2D eigenvalue weighted by Crippen LogP contribution is 2.57. The smallest absolute Gasteiger partial charge is 0.254 e. The van der Waals surface area contributed by atoms with Crippen molar-refractivity contribution in [3.05, 3.63) is 59.9 Å². The summed E-state index contributed by atoms with van der Waals surface area (Å²) in [5.41, 5.74) is 5.04. The maximum atomic E-state index is 13.9. The predicted octanol–water partition coefficient (Wildman–Crippen LogP) is 5.33. The van der Waals surface area contributed by atoms with Crippen LogP contribution in [-0.4, -0.2) is 57.4 Å². The predicted molar refractivity (Wildman–Crippen MR) is 138 cm³/mol. The molecule has 3 heterocycles. The minimum Gasteiger partial charge on any atom is -0.336 e. The highest BCUT2D eigenvalue weighted by atomic mass is 16.2. The van der Waals surface area contributed by atoms with Gasteiger partial charge in [-0.25, -0.2) is 4.98 Å². The summed E-state index contributed by atoms with van der Waals surface area (Å²) >= 11 is 0. The molecule has 1 amide bonds. The number of aryl methyl sites for hydroxylation is 1. The zero-order chi connectivity index (χ0) is 23.6. The Morgan fingerprint density at radius 1 is 0.914 bits per heavy atom. The summed E-state index contributed by atoms with van der Waals surface area (Å²) in [4.78, 5) is 27.9. The van der Waals surface area contributed by atoms with Crippen LogP contribution in [0.4, 0.5) is 0 Å². The second-order valence-electron chi connectivity index (χ2n) is 11.7. The number of hydrogen-bond acceptors (Lipinski definition) is 4. The molecule has 4 saturated carbocycles. The molecule has 2 aromatic heterocycles. The van der Waals surface area contributed by atoms with E-state index < -0.39 is 0 Å². The Morgan fingerprint density at radius 2 is 1.57 bits per heavy atom. The van der Waals surface area contributed by atoms with Crippen LogP contribution in [0.25, 0.3) is 22.2 Å². The summed E-state index contributed by atoms with van der Waals surface area (Å²) in [5, 5.41) is 0.955. The number of fused-ring (bicyclic) bond motifs is 1. The van der Waals surface area contributed by atoms with Crippen molar-refractivity contribution in [2.45, 2.75) is 51.0 Å². The first-order valence-electron chi connectivity index (χ1n) is 13.4. The van der Waals surface area contributed by atoms with Gasteiger partial charge in [0.2, 0.25) is 0 Å². The van der Waals surface area contributed by atoms with Gasteiger partial charge >= 0.3 is 0 Å². The molecular weight excluding hydrogens is 432 g/mol. The van der Waals surface area contributed by atoms with Crippen molar-refractivity contribution >= 4 is 16.8 Å². The molecule has 1 saturated heterocycles.